The number of Topliss-reactive ketones (excluding diaryl/α,β-unsaturated/α-hetero) is 1. The summed E-state index contributed by atoms with van der Waals surface area (Å²) in [6.45, 7) is 3.80. The number of hydrogen-bond donors (Lipinski definition) is 0. The van der Waals surface area contributed by atoms with Crippen LogP contribution < -0.4 is 0 Å². The van der Waals surface area contributed by atoms with Crippen LogP contribution in [0.4, 0.5) is 0 Å². The van der Waals surface area contributed by atoms with Crippen LogP contribution in [0.2, 0.25) is 0 Å². The Morgan fingerprint density at radius 3 is 2.29 bits per heavy atom. The van der Waals surface area contributed by atoms with Crippen LogP contribution in [-0.2, 0) is 14.3 Å². The predicted octanol–water partition coefficient (Wildman–Crippen LogP) is 4.83. The van der Waals surface area contributed by atoms with E-state index in [-0.39, 0.29) is 17.8 Å². The number of carbonyl (C=O) groups is 2. The average Bonchev–Trinajstić information content (AvgIpc) is 3.03. The Morgan fingerprint density at radius 1 is 1.06 bits per heavy atom. The normalized spacial score (nSPS) is 28.9. The molecule has 1 heterocycles. The standard InChI is InChI=1S/C26H30N2O3/c1-17-23(18(2)28(27-17)22-6-4-3-5-7-22)8-9-25(30)31-16-24(29)26-13-19-10-20(14-26)12-21(11-19)15-26/h3-9,19-21H,10-16H2,1-2H3/b9-8+. The van der Waals surface area contributed by atoms with Crippen molar-refractivity contribution in [2.24, 2.45) is 23.2 Å². The van der Waals surface area contributed by atoms with Crippen molar-refractivity contribution in [3.05, 3.63) is 53.4 Å². The van der Waals surface area contributed by atoms with Gasteiger partial charge in [-0.3, -0.25) is 4.79 Å². The highest BCUT2D eigenvalue weighted by Gasteiger charge is 2.54. The smallest absolute Gasteiger partial charge is 0.331 e. The summed E-state index contributed by atoms with van der Waals surface area (Å²) in [4.78, 5) is 25.4. The molecule has 1 aromatic carbocycles. The second kappa shape index (κ2) is 7.77. The highest BCUT2D eigenvalue weighted by Crippen LogP contribution is 2.60. The van der Waals surface area contributed by atoms with Gasteiger partial charge in [-0.2, -0.15) is 5.10 Å². The van der Waals surface area contributed by atoms with E-state index >= 15 is 0 Å². The van der Waals surface area contributed by atoms with Crippen LogP contribution >= 0.6 is 0 Å². The molecule has 5 nitrogen and oxygen atoms in total. The zero-order valence-corrected chi connectivity index (χ0v) is 18.3. The van der Waals surface area contributed by atoms with Gasteiger partial charge in [-0.1, -0.05) is 18.2 Å². The Balaban J connectivity index is 1.22. The van der Waals surface area contributed by atoms with Crippen LogP contribution in [-0.4, -0.2) is 28.1 Å². The van der Waals surface area contributed by atoms with Crippen LogP contribution in [0, 0.1) is 37.0 Å². The number of aryl methyl sites for hydroxylation is 1. The van der Waals surface area contributed by atoms with Gasteiger partial charge in [-0.15, -0.1) is 0 Å². The molecular formula is C26H30N2O3. The van der Waals surface area contributed by atoms with Crippen molar-refractivity contribution in [1.29, 1.82) is 0 Å². The van der Waals surface area contributed by atoms with Gasteiger partial charge < -0.3 is 4.74 Å². The lowest BCUT2D eigenvalue weighted by atomic mass is 9.48. The lowest BCUT2D eigenvalue weighted by Crippen LogP contribution is -2.51. The van der Waals surface area contributed by atoms with Gasteiger partial charge in [0.15, 0.2) is 12.4 Å². The number of hydrogen-bond acceptors (Lipinski definition) is 4. The van der Waals surface area contributed by atoms with Crippen molar-refractivity contribution in [3.63, 3.8) is 0 Å². The molecule has 4 aliphatic carbocycles. The van der Waals surface area contributed by atoms with E-state index in [2.05, 4.69) is 5.10 Å². The monoisotopic (exact) mass is 418 g/mol. The second-order valence-electron chi connectivity index (χ2n) is 9.89. The van der Waals surface area contributed by atoms with E-state index in [4.69, 9.17) is 4.74 Å². The third-order valence-corrected chi connectivity index (χ3v) is 7.71. The summed E-state index contributed by atoms with van der Waals surface area (Å²) in [5.74, 6) is 1.79. The Bertz CT molecular complexity index is 999. The highest BCUT2D eigenvalue weighted by molar-refractivity contribution is 5.92. The lowest BCUT2D eigenvalue weighted by Gasteiger charge is -2.55. The number of esters is 1. The Labute approximate surface area is 183 Å². The molecule has 5 heteroatoms. The lowest BCUT2D eigenvalue weighted by molar-refractivity contribution is -0.155. The first-order chi connectivity index (χ1) is 14.9. The largest absolute Gasteiger partial charge is 0.455 e. The number of aromatic nitrogens is 2. The molecule has 2 aromatic rings. The fourth-order valence-electron chi connectivity index (χ4n) is 6.66. The quantitative estimate of drug-likeness (QED) is 0.498. The van der Waals surface area contributed by atoms with Gasteiger partial charge in [0.05, 0.1) is 11.4 Å². The molecular weight excluding hydrogens is 388 g/mol. The fraction of sp³-hybridized carbons (Fsp3) is 0.500. The first-order valence-corrected chi connectivity index (χ1v) is 11.4. The van der Waals surface area contributed by atoms with Gasteiger partial charge in [0.1, 0.15) is 0 Å². The van der Waals surface area contributed by atoms with E-state index in [1.165, 1.54) is 25.3 Å². The zero-order valence-electron chi connectivity index (χ0n) is 18.3. The molecule has 0 amide bonds. The molecule has 0 saturated heterocycles. The number of benzene rings is 1. The van der Waals surface area contributed by atoms with Crippen LogP contribution in [0.3, 0.4) is 0 Å². The summed E-state index contributed by atoms with van der Waals surface area (Å²) in [6, 6.07) is 9.91. The van der Waals surface area contributed by atoms with Gasteiger partial charge in [0, 0.05) is 22.7 Å². The van der Waals surface area contributed by atoms with E-state index in [0.717, 1.165) is 41.9 Å². The molecule has 4 aliphatic rings. The molecule has 0 N–H and O–H groups in total. The summed E-state index contributed by atoms with van der Waals surface area (Å²) in [6.07, 6.45) is 10.1. The Morgan fingerprint density at radius 2 is 1.68 bits per heavy atom. The summed E-state index contributed by atoms with van der Waals surface area (Å²) >= 11 is 0. The van der Waals surface area contributed by atoms with E-state index in [0.29, 0.717) is 17.8 Å². The van der Waals surface area contributed by atoms with Crippen molar-refractivity contribution in [2.45, 2.75) is 52.4 Å². The van der Waals surface area contributed by atoms with Gasteiger partial charge >= 0.3 is 5.97 Å². The van der Waals surface area contributed by atoms with Crippen LogP contribution in [0.1, 0.15) is 55.5 Å². The molecule has 4 bridgehead atoms. The third-order valence-electron chi connectivity index (χ3n) is 7.71. The summed E-state index contributed by atoms with van der Waals surface area (Å²) in [7, 11) is 0. The van der Waals surface area contributed by atoms with Gasteiger partial charge in [-0.25, -0.2) is 9.48 Å². The van der Waals surface area contributed by atoms with Crippen molar-refractivity contribution >= 4 is 17.8 Å². The maximum Gasteiger partial charge on any atom is 0.331 e. The van der Waals surface area contributed by atoms with E-state index < -0.39 is 5.97 Å². The first-order valence-electron chi connectivity index (χ1n) is 11.4. The molecule has 31 heavy (non-hydrogen) atoms. The summed E-state index contributed by atoms with van der Waals surface area (Å²) < 4.78 is 7.26. The topological polar surface area (TPSA) is 61.2 Å². The minimum Gasteiger partial charge on any atom is -0.455 e. The molecule has 0 spiro atoms. The second-order valence-corrected chi connectivity index (χ2v) is 9.89. The van der Waals surface area contributed by atoms with Crippen molar-refractivity contribution in [2.75, 3.05) is 6.61 Å². The molecule has 0 aliphatic heterocycles. The number of ketones is 1. The van der Waals surface area contributed by atoms with Crippen LogP contribution in [0.15, 0.2) is 36.4 Å². The van der Waals surface area contributed by atoms with Crippen molar-refractivity contribution < 1.29 is 14.3 Å². The highest BCUT2D eigenvalue weighted by atomic mass is 16.5. The Kier molecular flexibility index (Phi) is 5.07. The minimum absolute atomic E-state index is 0.101. The SMILES string of the molecule is Cc1nn(-c2ccccc2)c(C)c1/C=C/C(=O)OCC(=O)C12CC3CC(CC(C3)C1)C2. The molecule has 4 saturated carbocycles. The predicted molar refractivity (Wildman–Crippen MR) is 119 cm³/mol. The summed E-state index contributed by atoms with van der Waals surface area (Å²) in [5, 5.41) is 4.60. The van der Waals surface area contributed by atoms with E-state index in [9.17, 15) is 9.59 Å². The molecule has 0 unspecified atom stereocenters. The Hall–Kier alpha value is -2.69. The first kappa shape index (κ1) is 20.2. The van der Waals surface area contributed by atoms with Crippen LogP contribution in [0.5, 0.6) is 0 Å². The molecule has 4 fully saturated rings. The van der Waals surface area contributed by atoms with Crippen LogP contribution in [0.25, 0.3) is 11.8 Å². The zero-order chi connectivity index (χ0) is 21.6. The van der Waals surface area contributed by atoms with Crippen molar-refractivity contribution in [1.82, 2.24) is 9.78 Å². The number of ether oxygens (including phenoxy) is 1. The average molecular weight is 419 g/mol. The number of rotatable bonds is 6. The number of carbonyl (C=O) groups excluding carboxylic acids is 2. The molecule has 162 valence electrons. The van der Waals surface area contributed by atoms with Crippen molar-refractivity contribution in [3.8, 4) is 5.69 Å². The molecule has 6 rings (SSSR count). The molecule has 0 radical (unpaired) electrons. The maximum atomic E-state index is 13.0. The molecule has 1 aromatic heterocycles. The summed E-state index contributed by atoms with van der Waals surface area (Å²) in [5.41, 5.74) is 3.45. The third kappa shape index (κ3) is 3.75. The van der Waals surface area contributed by atoms with Gasteiger partial charge in [0.2, 0.25) is 0 Å². The van der Waals surface area contributed by atoms with Gasteiger partial charge in [0.25, 0.3) is 0 Å². The minimum atomic E-state index is -0.468. The number of nitrogens with zero attached hydrogens (tertiary/aromatic N) is 2. The van der Waals surface area contributed by atoms with Gasteiger partial charge in [-0.05, 0) is 88.3 Å². The van der Waals surface area contributed by atoms with E-state index in [1.54, 1.807) is 6.08 Å². The fourth-order valence-corrected chi connectivity index (χ4v) is 6.66. The molecule has 0 atom stereocenters. The number of para-hydroxylation sites is 1. The maximum absolute atomic E-state index is 13.0. The van der Waals surface area contributed by atoms with E-state index in [1.807, 2.05) is 48.9 Å².